The molecule has 3 nitrogen and oxygen atoms in total. The summed E-state index contributed by atoms with van der Waals surface area (Å²) in [5, 5.41) is 2.98. The lowest BCUT2D eigenvalue weighted by Crippen LogP contribution is -2.35. The molecule has 0 bridgehead atoms. The van der Waals surface area contributed by atoms with E-state index in [9.17, 15) is 9.30 Å². The molecule has 1 aromatic rings. The molecule has 1 fully saturated rings. The molecule has 0 unspecified atom stereocenters. The van der Waals surface area contributed by atoms with E-state index in [0.717, 1.165) is 38.9 Å². The van der Waals surface area contributed by atoms with Crippen molar-refractivity contribution in [2.45, 2.75) is 19.3 Å². The molecule has 0 amide bonds. The summed E-state index contributed by atoms with van der Waals surface area (Å²) in [5.41, 5.74) is 1.17. The Morgan fingerprint density at radius 2 is 1.89 bits per heavy atom. The minimum atomic E-state index is -0.180. The average Bonchev–Trinajstić information content (AvgIpc) is 2.40. The molecule has 1 heterocycles. The predicted molar refractivity (Wildman–Crippen MR) is 69.9 cm³/mol. The van der Waals surface area contributed by atoms with Crippen molar-refractivity contribution in [2.75, 3.05) is 26.2 Å². The fourth-order valence-corrected chi connectivity index (χ4v) is 2.44. The molecule has 0 spiro atoms. The number of hydrogen-bond donors (Lipinski definition) is 0. The SMILES string of the molecule is O=NCC1CCN(CCc2ccc(F)cc2)CC1. The molecule has 18 heavy (non-hydrogen) atoms. The second kappa shape index (κ2) is 6.59. The van der Waals surface area contributed by atoms with Crippen LogP contribution in [0.5, 0.6) is 0 Å². The predicted octanol–water partition coefficient (Wildman–Crippen LogP) is 2.85. The Morgan fingerprint density at radius 3 is 2.50 bits per heavy atom. The Bertz CT molecular complexity index is 372. The topological polar surface area (TPSA) is 32.7 Å². The zero-order valence-corrected chi connectivity index (χ0v) is 10.5. The molecule has 0 saturated carbocycles. The second-order valence-corrected chi connectivity index (χ2v) is 4.97. The number of hydrogen-bond acceptors (Lipinski definition) is 3. The van der Waals surface area contributed by atoms with Crippen molar-refractivity contribution >= 4 is 0 Å². The highest BCUT2D eigenvalue weighted by Crippen LogP contribution is 2.17. The number of nitrogens with zero attached hydrogens (tertiary/aromatic N) is 2. The Labute approximate surface area is 107 Å². The summed E-state index contributed by atoms with van der Waals surface area (Å²) in [5.74, 6) is 0.297. The molecule has 0 atom stereocenters. The van der Waals surface area contributed by atoms with Gasteiger partial charge < -0.3 is 4.90 Å². The van der Waals surface area contributed by atoms with Gasteiger partial charge in [0.2, 0.25) is 0 Å². The van der Waals surface area contributed by atoms with Crippen molar-refractivity contribution in [3.05, 3.63) is 40.6 Å². The number of likely N-dealkylation sites (tertiary alicyclic amines) is 1. The van der Waals surface area contributed by atoms with Crippen LogP contribution >= 0.6 is 0 Å². The van der Waals surface area contributed by atoms with E-state index in [2.05, 4.69) is 10.1 Å². The summed E-state index contributed by atoms with van der Waals surface area (Å²) in [7, 11) is 0. The quantitative estimate of drug-likeness (QED) is 0.753. The van der Waals surface area contributed by atoms with Gasteiger partial charge in [0, 0.05) is 6.54 Å². The summed E-state index contributed by atoms with van der Waals surface area (Å²) in [6.07, 6.45) is 3.08. The van der Waals surface area contributed by atoms with Crippen LogP contribution in [-0.2, 0) is 6.42 Å². The zero-order valence-electron chi connectivity index (χ0n) is 10.5. The van der Waals surface area contributed by atoms with Crippen LogP contribution < -0.4 is 0 Å². The van der Waals surface area contributed by atoms with E-state index in [0.29, 0.717) is 12.5 Å². The van der Waals surface area contributed by atoms with Crippen molar-refractivity contribution in [3.8, 4) is 0 Å². The number of nitroso groups, excluding NO2 is 1. The van der Waals surface area contributed by atoms with E-state index in [1.165, 1.54) is 17.7 Å². The first kappa shape index (κ1) is 13.1. The lowest BCUT2D eigenvalue weighted by molar-refractivity contribution is 0.189. The van der Waals surface area contributed by atoms with Crippen LogP contribution in [0.25, 0.3) is 0 Å². The van der Waals surface area contributed by atoms with E-state index < -0.39 is 0 Å². The van der Waals surface area contributed by atoms with Gasteiger partial charge in [0.1, 0.15) is 5.82 Å². The molecule has 0 radical (unpaired) electrons. The lowest BCUT2D eigenvalue weighted by atomic mass is 9.97. The Balaban J connectivity index is 1.72. The van der Waals surface area contributed by atoms with E-state index >= 15 is 0 Å². The fraction of sp³-hybridized carbons (Fsp3) is 0.571. The van der Waals surface area contributed by atoms with Crippen molar-refractivity contribution in [3.63, 3.8) is 0 Å². The molecule has 1 aromatic carbocycles. The van der Waals surface area contributed by atoms with E-state index in [4.69, 9.17) is 0 Å². The summed E-state index contributed by atoms with van der Waals surface area (Å²) in [4.78, 5) is 12.6. The van der Waals surface area contributed by atoms with Crippen LogP contribution in [0.2, 0.25) is 0 Å². The van der Waals surface area contributed by atoms with Crippen LogP contribution in [0.1, 0.15) is 18.4 Å². The first-order chi connectivity index (χ1) is 8.78. The van der Waals surface area contributed by atoms with Crippen molar-refractivity contribution < 1.29 is 4.39 Å². The molecular weight excluding hydrogens is 231 g/mol. The lowest BCUT2D eigenvalue weighted by Gasteiger charge is -2.30. The number of benzene rings is 1. The van der Waals surface area contributed by atoms with Crippen molar-refractivity contribution in [1.82, 2.24) is 4.90 Å². The Morgan fingerprint density at radius 1 is 1.22 bits per heavy atom. The maximum Gasteiger partial charge on any atom is 0.123 e. The molecular formula is C14H19FN2O. The third-order valence-corrected chi connectivity index (χ3v) is 3.67. The van der Waals surface area contributed by atoms with Gasteiger partial charge in [-0.25, -0.2) is 4.39 Å². The molecule has 1 aliphatic rings. The Hall–Kier alpha value is -1.29. The summed E-state index contributed by atoms with van der Waals surface area (Å²) < 4.78 is 12.8. The monoisotopic (exact) mass is 250 g/mol. The van der Waals surface area contributed by atoms with Crippen LogP contribution in [0.3, 0.4) is 0 Å². The molecule has 0 N–H and O–H groups in total. The molecule has 0 aliphatic carbocycles. The molecule has 4 heteroatoms. The fourth-order valence-electron chi connectivity index (χ4n) is 2.44. The maximum atomic E-state index is 12.8. The zero-order chi connectivity index (χ0) is 12.8. The second-order valence-electron chi connectivity index (χ2n) is 4.97. The summed E-state index contributed by atoms with van der Waals surface area (Å²) >= 11 is 0. The third-order valence-electron chi connectivity index (χ3n) is 3.67. The van der Waals surface area contributed by atoms with Gasteiger partial charge in [-0.3, -0.25) is 0 Å². The minimum absolute atomic E-state index is 0.180. The van der Waals surface area contributed by atoms with Crippen LogP contribution in [0.15, 0.2) is 29.4 Å². The highest BCUT2D eigenvalue weighted by Gasteiger charge is 2.18. The smallest absolute Gasteiger partial charge is 0.123 e. The van der Waals surface area contributed by atoms with Gasteiger partial charge in [0.15, 0.2) is 0 Å². The first-order valence-corrected chi connectivity index (χ1v) is 6.54. The summed E-state index contributed by atoms with van der Waals surface area (Å²) in [6.45, 7) is 3.56. The van der Waals surface area contributed by atoms with E-state index in [1.807, 2.05) is 12.1 Å². The van der Waals surface area contributed by atoms with Gasteiger partial charge in [0.25, 0.3) is 0 Å². The van der Waals surface area contributed by atoms with Gasteiger partial charge in [-0.15, -0.1) is 0 Å². The van der Waals surface area contributed by atoms with Crippen molar-refractivity contribution in [1.29, 1.82) is 0 Å². The number of halogens is 1. The standard InChI is InChI=1S/C14H19FN2O/c15-14-3-1-12(2-4-14)5-8-17-9-6-13(7-10-17)11-16-18/h1-4,13H,5-11H2. The highest BCUT2D eigenvalue weighted by molar-refractivity contribution is 5.16. The normalized spacial score (nSPS) is 17.8. The molecule has 0 aromatic heterocycles. The van der Waals surface area contributed by atoms with E-state index in [1.54, 1.807) is 0 Å². The maximum absolute atomic E-state index is 12.8. The minimum Gasteiger partial charge on any atom is -0.303 e. The third kappa shape index (κ3) is 3.88. The Kier molecular flexibility index (Phi) is 4.81. The highest BCUT2D eigenvalue weighted by atomic mass is 19.1. The average molecular weight is 250 g/mol. The molecule has 1 aliphatic heterocycles. The molecule has 2 rings (SSSR count). The van der Waals surface area contributed by atoms with Gasteiger partial charge in [-0.2, -0.15) is 4.91 Å². The van der Waals surface area contributed by atoms with Crippen molar-refractivity contribution in [2.24, 2.45) is 11.1 Å². The summed E-state index contributed by atoms with van der Waals surface area (Å²) in [6, 6.07) is 6.71. The molecule has 98 valence electrons. The largest absolute Gasteiger partial charge is 0.303 e. The number of piperidine rings is 1. The first-order valence-electron chi connectivity index (χ1n) is 6.54. The van der Waals surface area contributed by atoms with Crippen LogP contribution in [0.4, 0.5) is 4.39 Å². The van der Waals surface area contributed by atoms with E-state index in [-0.39, 0.29) is 5.82 Å². The van der Waals surface area contributed by atoms with Crippen LogP contribution in [-0.4, -0.2) is 31.1 Å². The van der Waals surface area contributed by atoms with Crippen LogP contribution in [0, 0.1) is 16.6 Å². The van der Waals surface area contributed by atoms with Gasteiger partial charge >= 0.3 is 0 Å². The van der Waals surface area contributed by atoms with Gasteiger partial charge in [-0.05, 0) is 56.0 Å². The number of rotatable bonds is 5. The van der Waals surface area contributed by atoms with Gasteiger partial charge in [0.05, 0.1) is 6.54 Å². The van der Waals surface area contributed by atoms with Gasteiger partial charge in [-0.1, -0.05) is 17.3 Å². The molecule has 1 saturated heterocycles.